The van der Waals surface area contributed by atoms with E-state index >= 15 is 0 Å². The summed E-state index contributed by atoms with van der Waals surface area (Å²) in [5.74, 6) is 0. The van der Waals surface area contributed by atoms with Gasteiger partial charge in [0.05, 0.1) is 12.7 Å². The van der Waals surface area contributed by atoms with E-state index in [1.807, 2.05) is 0 Å². The number of benzene rings is 2. The van der Waals surface area contributed by atoms with Crippen LogP contribution in [0.3, 0.4) is 0 Å². The Morgan fingerprint density at radius 1 is 1.05 bits per heavy atom. The molecule has 1 heterocycles. The molecule has 0 saturated carbocycles. The Kier molecular flexibility index (Phi) is 4.14. The van der Waals surface area contributed by atoms with E-state index in [1.54, 1.807) is 0 Å². The minimum absolute atomic E-state index is 0.203. The molecule has 2 aromatic rings. The van der Waals surface area contributed by atoms with Crippen molar-refractivity contribution in [2.45, 2.75) is 19.6 Å². The van der Waals surface area contributed by atoms with E-state index in [0.717, 1.165) is 26.2 Å². The molecule has 0 amide bonds. The monoisotopic (exact) mass is 267 g/mol. The van der Waals surface area contributed by atoms with Gasteiger partial charge in [0.1, 0.15) is 0 Å². The lowest BCUT2D eigenvalue weighted by atomic mass is 10.1. The zero-order chi connectivity index (χ0) is 13.8. The van der Waals surface area contributed by atoms with Gasteiger partial charge in [-0.2, -0.15) is 0 Å². The number of rotatable bonds is 3. The third kappa shape index (κ3) is 3.09. The van der Waals surface area contributed by atoms with Gasteiger partial charge in [-0.1, -0.05) is 54.6 Å². The van der Waals surface area contributed by atoms with E-state index in [0.29, 0.717) is 0 Å². The van der Waals surface area contributed by atoms with Crippen molar-refractivity contribution in [2.75, 3.05) is 19.7 Å². The molecule has 0 spiro atoms. The summed E-state index contributed by atoms with van der Waals surface area (Å²) < 4.78 is 5.92. The zero-order valence-electron chi connectivity index (χ0n) is 12.0. The van der Waals surface area contributed by atoms with Gasteiger partial charge in [-0.3, -0.25) is 4.90 Å². The Balaban J connectivity index is 1.68. The van der Waals surface area contributed by atoms with E-state index in [-0.39, 0.29) is 6.10 Å². The number of nitrogens with zero attached hydrogens (tertiary/aromatic N) is 1. The van der Waals surface area contributed by atoms with Crippen LogP contribution in [0, 0.1) is 6.92 Å². The first-order valence-electron chi connectivity index (χ1n) is 7.26. The summed E-state index contributed by atoms with van der Waals surface area (Å²) in [6, 6.07) is 19.2. The molecular formula is C18H21NO. The SMILES string of the molecule is Cc1ccccc1CN1CCOC(c2ccccc2)C1. The predicted octanol–water partition coefficient (Wildman–Crippen LogP) is 3.57. The van der Waals surface area contributed by atoms with E-state index in [9.17, 15) is 0 Å². The Bertz CT molecular complexity index is 552. The highest BCUT2D eigenvalue weighted by atomic mass is 16.5. The van der Waals surface area contributed by atoms with E-state index < -0.39 is 0 Å². The Morgan fingerprint density at radius 2 is 1.80 bits per heavy atom. The first kappa shape index (κ1) is 13.3. The fraction of sp³-hybridized carbons (Fsp3) is 0.333. The van der Waals surface area contributed by atoms with Crippen LogP contribution in [-0.2, 0) is 11.3 Å². The van der Waals surface area contributed by atoms with Gasteiger partial charge in [-0.25, -0.2) is 0 Å². The normalized spacial score (nSPS) is 19.9. The number of ether oxygens (including phenoxy) is 1. The lowest BCUT2D eigenvalue weighted by Crippen LogP contribution is -2.37. The molecule has 0 bridgehead atoms. The fourth-order valence-corrected chi connectivity index (χ4v) is 2.74. The van der Waals surface area contributed by atoms with Crippen LogP contribution in [0.5, 0.6) is 0 Å². The van der Waals surface area contributed by atoms with E-state index in [2.05, 4.69) is 66.4 Å². The van der Waals surface area contributed by atoms with Crippen molar-refractivity contribution >= 4 is 0 Å². The minimum atomic E-state index is 0.203. The van der Waals surface area contributed by atoms with Crippen LogP contribution in [-0.4, -0.2) is 24.6 Å². The molecule has 104 valence electrons. The maximum atomic E-state index is 5.92. The molecule has 2 heteroatoms. The number of aryl methyl sites for hydroxylation is 1. The zero-order valence-corrected chi connectivity index (χ0v) is 12.0. The lowest BCUT2D eigenvalue weighted by molar-refractivity contribution is -0.0329. The predicted molar refractivity (Wildman–Crippen MR) is 81.6 cm³/mol. The summed E-state index contributed by atoms with van der Waals surface area (Å²) >= 11 is 0. The molecule has 1 aliphatic rings. The van der Waals surface area contributed by atoms with E-state index in [1.165, 1.54) is 16.7 Å². The second-order valence-corrected chi connectivity index (χ2v) is 5.43. The van der Waals surface area contributed by atoms with Gasteiger partial charge in [0.15, 0.2) is 0 Å². The molecule has 2 aromatic carbocycles. The van der Waals surface area contributed by atoms with Crippen molar-refractivity contribution in [3.8, 4) is 0 Å². The molecule has 3 rings (SSSR count). The van der Waals surface area contributed by atoms with Gasteiger partial charge in [0.2, 0.25) is 0 Å². The Morgan fingerprint density at radius 3 is 2.60 bits per heavy atom. The van der Waals surface area contributed by atoms with Gasteiger partial charge in [0, 0.05) is 19.6 Å². The molecule has 1 fully saturated rings. The topological polar surface area (TPSA) is 12.5 Å². The van der Waals surface area contributed by atoms with Crippen molar-refractivity contribution in [1.82, 2.24) is 4.90 Å². The van der Waals surface area contributed by atoms with Crippen molar-refractivity contribution in [3.05, 3.63) is 71.3 Å². The molecule has 1 unspecified atom stereocenters. The molecular weight excluding hydrogens is 246 g/mol. The second-order valence-electron chi connectivity index (χ2n) is 5.43. The van der Waals surface area contributed by atoms with Gasteiger partial charge >= 0.3 is 0 Å². The molecule has 1 atom stereocenters. The molecule has 1 aliphatic heterocycles. The largest absolute Gasteiger partial charge is 0.371 e. The maximum absolute atomic E-state index is 5.92. The minimum Gasteiger partial charge on any atom is -0.371 e. The van der Waals surface area contributed by atoms with Crippen LogP contribution < -0.4 is 0 Å². The van der Waals surface area contributed by atoms with Crippen LogP contribution in [0.2, 0.25) is 0 Å². The standard InChI is InChI=1S/C18H21NO/c1-15-7-5-6-10-17(15)13-19-11-12-20-18(14-19)16-8-3-2-4-9-16/h2-10,18H,11-14H2,1H3. The van der Waals surface area contributed by atoms with Gasteiger partial charge in [-0.05, 0) is 23.6 Å². The highest BCUT2D eigenvalue weighted by Crippen LogP contribution is 2.23. The quantitative estimate of drug-likeness (QED) is 0.843. The highest BCUT2D eigenvalue weighted by Gasteiger charge is 2.21. The smallest absolute Gasteiger partial charge is 0.0952 e. The second kappa shape index (κ2) is 6.21. The summed E-state index contributed by atoms with van der Waals surface area (Å²) in [4.78, 5) is 2.49. The van der Waals surface area contributed by atoms with Crippen molar-refractivity contribution in [2.24, 2.45) is 0 Å². The summed E-state index contributed by atoms with van der Waals surface area (Å²) in [6.07, 6.45) is 0.203. The summed E-state index contributed by atoms with van der Waals surface area (Å²) in [7, 11) is 0. The fourth-order valence-electron chi connectivity index (χ4n) is 2.74. The molecule has 0 aliphatic carbocycles. The number of hydrogen-bond acceptors (Lipinski definition) is 2. The van der Waals surface area contributed by atoms with Crippen LogP contribution in [0.25, 0.3) is 0 Å². The van der Waals surface area contributed by atoms with Crippen molar-refractivity contribution < 1.29 is 4.74 Å². The average Bonchev–Trinajstić information content (AvgIpc) is 2.51. The third-order valence-electron chi connectivity index (χ3n) is 3.98. The van der Waals surface area contributed by atoms with E-state index in [4.69, 9.17) is 4.74 Å². The Labute approximate surface area is 121 Å². The number of morpholine rings is 1. The molecule has 0 N–H and O–H groups in total. The number of hydrogen-bond donors (Lipinski definition) is 0. The van der Waals surface area contributed by atoms with Crippen LogP contribution in [0.4, 0.5) is 0 Å². The molecule has 2 nitrogen and oxygen atoms in total. The van der Waals surface area contributed by atoms with Crippen molar-refractivity contribution in [1.29, 1.82) is 0 Å². The summed E-state index contributed by atoms with van der Waals surface area (Å²) in [6.45, 7) is 5.99. The third-order valence-corrected chi connectivity index (χ3v) is 3.98. The van der Waals surface area contributed by atoms with Crippen LogP contribution >= 0.6 is 0 Å². The Hall–Kier alpha value is -1.64. The lowest BCUT2D eigenvalue weighted by Gasteiger charge is -2.33. The molecule has 0 radical (unpaired) electrons. The average molecular weight is 267 g/mol. The van der Waals surface area contributed by atoms with Crippen LogP contribution in [0.1, 0.15) is 22.8 Å². The first-order valence-corrected chi connectivity index (χ1v) is 7.26. The van der Waals surface area contributed by atoms with Crippen molar-refractivity contribution in [3.63, 3.8) is 0 Å². The van der Waals surface area contributed by atoms with Gasteiger partial charge in [-0.15, -0.1) is 0 Å². The summed E-state index contributed by atoms with van der Waals surface area (Å²) in [5, 5.41) is 0. The van der Waals surface area contributed by atoms with Gasteiger partial charge < -0.3 is 4.74 Å². The van der Waals surface area contributed by atoms with Gasteiger partial charge in [0.25, 0.3) is 0 Å². The van der Waals surface area contributed by atoms with Crippen LogP contribution in [0.15, 0.2) is 54.6 Å². The molecule has 20 heavy (non-hydrogen) atoms. The first-order chi connectivity index (χ1) is 9.83. The maximum Gasteiger partial charge on any atom is 0.0952 e. The molecule has 0 aromatic heterocycles. The highest BCUT2D eigenvalue weighted by molar-refractivity contribution is 5.25. The molecule has 1 saturated heterocycles. The summed E-state index contributed by atoms with van der Waals surface area (Å²) in [5.41, 5.74) is 4.07.